The molecule has 0 unspecified atom stereocenters. The van der Waals surface area contributed by atoms with E-state index in [4.69, 9.17) is 52.1 Å². The highest BCUT2D eigenvalue weighted by atomic mass is 35.5. The molecule has 118 valence electrons. The van der Waals surface area contributed by atoms with E-state index in [0.717, 1.165) is 11.1 Å². The summed E-state index contributed by atoms with van der Waals surface area (Å²) in [5, 5.41) is 8.48. The summed E-state index contributed by atoms with van der Waals surface area (Å²) in [6.07, 6.45) is 0.491. The first-order chi connectivity index (χ1) is 10.9. The molecule has 1 aromatic heterocycles. The van der Waals surface area contributed by atoms with Crippen LogP contribution in [-0.4, -0.2) is 15.2 Å². The van der Waals surface area contributed by atoms with E-state index >= 15 is 0 Å². The SMILES string of the molecule is Nc1n[nH]c(Cc2cc(Cl)c(-c3ccc(Cl)c(Cl)c3)c(Cl)c2)n1. The number of aromatic amines is 1. The zero-order valence-electron chi connectivity index (χ0n) is 11.6. The van der Waals surface area contributed by atoms with Gasteiger partial charge in [-0.1, -0.05) is 52.5 Å². The molecule has 2 aromatic carbocycles. The summed E-state index contributed by atoms with van der Waals surface area (Å²) in [5.74, 6) is 0.835. The van der Waals surface area contributed by atoms with Gasteiger partial charge >= 0.3 is 0 Å². The Morgan fingerprint density at radius 1 is 0.913 bits per heavy atom. The Morgan fingerprint density at radius 3 is 2.17 bits per heavy atom. The lowest BCUT2D eigenvalue weighted by Crippen LogP contribution is -1.93. The maximum absolute atomic E-state index is 6.40. The molecule has 4 nitrogen and oxygen atoms in total. The summed E-state index contributed by atoms with van der Waals surface area (Å²) >= 11 is 24.8. The lowest BCUT2D eigenvalue weighted by molar-refractivity contribution is 0.973. The molecular weight excluding hydrogens is 378 g/mol. The number of hydrogen-bond acceptors (Lipinski definition) is 3. The van der Waals surface area contributed by atoms with Crippen LogP contribution in [0, 0.1) is 0 Å². The topological polar surface area (TPSA) is 67.6 Å². The van der Waals surface area contributed by atoms with Gasteiger partial charge in [0.2, 0.25) is 5.95 Å². The second-order valence-electron chi connectivity index (χ2n) is 4.88. The number of nitrogens with one attached hydrogen (secondary N) is 1. The maximum Gasteiger partial charge on any atom is 0.239 e. The van der Waals surface area contributed by atoms with Crippen LogP contribution in [0.2, 0.25) is 20.1 Å². The van der Waals surface area contributed by atoms with Gasteiger partial charge < -0.3 is 5.73 Å². The van der Waals surface area contributed by atoms with Gasteiger partial charge in [-0.2, -0.15) is 4.98 Å². The van der Waals surface area contributed by atoms with Crippen molar-refractivity contribution in [3.05, 3.63) is 61.8 Å². The molecule has 0 amide bonds. The molecule has 0 saturated carbocycles. The molecule has 0 aliphatic rings. The van der Waals surface area contributed by atoms with Crippen LogP contribution in [0.15, 0.2) is 30.3 Å². The Labute approximate surface area is 152 Å². The first-order valence-electron chi connectivity index (χ1n) is 6.54. The van der Waals surface area contributed by atoms with Gasteiger partial charge in [0.15, 0.2) is 0 Å². The third kappa shape index (κ3) is 3.56. The first kappa shape index (κ1) is 16.4. The van der Waals surface area contributed by atoms with Crippen LogP contribution in [0.3, 0.4) is 0 Å². The van der Waals surface area contributed by atoms with E-state index in [-0.39, 0.29) is 5.95 Å². The van der Waals surface area contributed by atoms with Crippen LogP contribution < -0.4 is 5.73 Å². The highest BCUT2D eigenvalue weighted by molar-refractivity contribution is 6.42. The number of benzene rings is 2. The second-order valence-corrected chi connectivity index (χ2v) is 6.51. The van der Waals surface area contributed by atoms with Crippen molar-refractivity contribution in [1.82, 2.24) is 15.2 Å². The van der Waals surface area contributed by atoms with Crippen molar-refractivity contribution >= 4 is 52.4 Å². The monoisotopic (exact) mass is 386 g/mol. The Morgan fingerprint density at radius 2 is 1.61 bits per heavy atom. The summed E-state index contributed by atoms with van der Waals surface area (Å²) in [6, 6.07) is 8.90. The predicted octanol–water partition coefficient (Wildman–Crippen LogP) is 5.26. The quantitative estimate of drug-likeness (QED) is 0.644. The van der Waals surface area contributed by atoms with E-state index in [1.165, 1.54) is 0 Å². The molecule has 8 heteroatoms. The molecule has 0 atom stereocenters. The van der Waals surface area contributed by atoms with Gasteiger partial charge in [0, 0.05) is 12.0 Å². The highest BCUT2D eigenvalue weighted by Gasteiger charge is 2.13. The minimum atomic E-state index is 0.199. The van der Waals surface area contributed by atoms with Crippen molar-refractivity contribution < 1.29 is 0 Å². The van der Waals surface area contributed by atoms with Gasteiger partial charge in [-0.3, -0.25) is 5.10 Å². The Hall–Kier alpha value is -1.46. The normalized spacial score (nSPS) is 11.0. The number of rotatable bonds is 3. The number of aromatic nitrogens is 3. The molecule has 0 aliphatic heterocycles. The molecule has 23 heavy (non-hydrogen) atoms. The van der Waals surface area contributed by atoms with Crippen LogP contribution in [-0.2, 0) is 6.42 Å². The van der Waals surface area contributed by atoms with Gasteiger partial charge in [0.05, 0.1) is 20.1 Å². The van der Waals surface area contributed by atoms with Gasteiger partial charge in [0.25, 0.3) is 0 Å². The highest BCUT2D eigenvalue weighted by Crippen LogP contribution is 2.38. The predicted molar refractivity (Wildman–Crippen MR) is 95.5 cm³/mol. The second kappa shape index (κ2) is 6.57. The Kier molecular flexibility index (Phi) is 4.69. The van der Waals surface area contributed by atoms with Crippen LogP contribution in [0.5, 0.6) is 0 Å². The fraction of sp³-hybridized carbons (Fsp3) is 0.0667. The zero-order chi connectivity index (χ0) is 16.6. The number of hydrogen-bond donors (Lipinski definition) is 2. The average Bonchev–Trinajstić information content (AvgIpc) is 2.87. The molecule has 3 rings (SSSR count). The molecule has 0 spiro atoms. The van der Waals surface area contributed by atoms with Crippen molar-refractivity contribution in [3.8, 4) is 11.1 Å². The fourth-order valence-electron chi connectivity index (χ4n) is 2.24. The van der Waals surface area contributed by atoms with Crippen LogP contribution in [0.25, 0.3) is 11.1 Å². The van der Waals surface area contributed by atoms with Crippen molar-refractivity contribution in [3.63, 3.8) is 0 Å². The molecule has 3 N–H and O–H groups in total. The molecular formula is C15H10Cl4N4. The van der Waals surface area contributed by atoms with E-state index in [1.54, 1.807) is 12.1 Å². The summed E-state index contributed by atoms with van der Waals surface area (Å²) < 4.78 is 0. The van der Waals surface area contributed by atoms with E-state index in [1.807, 2.05) is 18.2 Å². The summed E-state index contributed by atoms with van der Waals surface area (Å²) in [6.45, 7) is 0. The number of nitrogens with two attached hydrogens (primary N) is 1. The van der Waals surface area contributed by atoms with Crippen LogP contribution >= 0.6 is 46.4 Å². The molecule has 0 bridgehead atoms. The van der Waals surface area contributed by atoms with Gasteiger partial charge in [-0.05, 0) is 35.4 Å². The average molecular weight is 388 g/mol. The van der Waals surface area contributed by atoms with Gasteiger partial charge in [-0.15, -0.1) is 5.10 Å². The molecule has 0 aliphatic carbocycles. The van der Waals surface area contributed by atoms with Crippen LogP contribution in [0.4, 0.5) is 5.95 Å². The van der Waals surface area contributed by atoms with E-state index in [9.17, 15) is 0 Å². The van der Waals surface area contributed by atoms with Crippen molar-refractivity contribution in [2.45, 2.75) is 6.42 Å². The summed E-state index contributed by atoms with van der Waals surface area (Å²) in [4.78, 5) is 4.06. The van der Waals surface area contributed by atoms with Gasteiger partial charge in [-0.25, -0.2) is 0 Å². The Bertz CT molecular complexity index is 853. The number of H-pyrrole nitrogens is 1. The number of nitrogen functional groups attached to an aromatic ring is 1. The number of anilines is 1. The standard InChI is InChI=1S/C15H10Cl4N4/c16-9-2-1-8(6-10(9)17)14-11(18)3-7(4-12(14)19)5-13-21-15(20)23-22-13/h1-4,6H,5H2,(H3,20,21,22,23). The molecule has 0 saturated heterocycles. The maximum atomic E-state index is 6.40. The molecule has 0 fully saturated rings. The van der Waals surface area contributed by atoms with E-state index in [2.05, 4.69) is 15.2 Å². The largest absolute Gasteiger partial charge is 0.367 e. The number of halogens is 4. The molecule has 3 aromatic rings. The smallest absolute Gasteiger partial charge is 0.239 e. The lowest BCUT2D eigenvalue weighted by atomic mass is 10.0. The van der Waals surface area contributed by atoms with Crippen molar-refractivity contribution in [2.24, 2.45) is 0 Å². The Balaban J connectivity index is 1.98. The molecule has 1 heterocycles. The fourth-order valence-corrected chi connectivity index (χ4v) is 3.29. The third-order valence-electron chi connectivity index (χ3n) is 3.23. The first-order valence-corrected chi connectivity index (χ1v) is 8.05. The summed E-state index contributed by atoms with van der Waals surface area (Å²) in [7, 11) is 0. The van der Waals surface area contributed by atoms with Crippen molar-refractivity contribution in [2.75, 3.05) is 5.73 Å². The molecule has 0 radical (unpaired) electrons. The zero-order valence-corrected chi connectivity index (χ0v) is 14.6. The minimum Gasteiger partial charge on any atom is -0.367 e. The van der Waals surface area contributed by atoms with E-state index in [0.29, 0.717) is 37.9 Å². The van der Waals surface area contributed by atoms with Crippen molar-refractivity contribution in [1.29, 1.82) is 0 Å². The minimum absolute atomic E-state index is 0.199. The number of nitrogens with zero attached hydrogens (tertiary/aromatic N) is 2. The van der Waals surface area contributed by atoms with E-state index < -0.39 is 0 Å². The lowest BCUT2D eigenvalue weighted by Gasteiger charge is -2.11. The van der Waals surface area contributed by atoms with Crippen LogP contribution in [0.1, 0.15) is 11.4 Å². The summed E-state index contributed by atoms with van der Waals surface area (Å²) in [5.41, 5.74) is 7.88. The third-order valence-corrected chi connectivity index (χ3v) is 4.57. The van der Waals surface area contributed by atoms with Gasteiger partial charge in [0.1, 0.15) is 5.82 Å².